The van der Waals surface area contributed by atoms with Gasteiger partial charge in [-0.15, -0.1) is 0 Å². The molecule has 19 heavy (non-hydrogen) atoms. The maximum atomic E-state index is 12.1. The van der Waals surface area contributed by atoms with Crippen LogP contribution in [0.4, 0.5) is 0 Å². The van der Waals surface area contributed by atoms with E-state index in [1.54, 1.807) is 11.7 Å². The molecule has 1 saturated carbocycles. The van der Waals surface area contributed by atoms with Gasteiger partial charge < -0.3 is 10.4 Å². The number of nitrogens with one attached hydrogen (secondary N) is 1. The van der Waals surface area contributed by atoms with Gasteiger partial charge in [-0.2, -0.15) is 5.10 Å². The second-order valence-corrected chi connectivity index (χ2v) is 5.34. The predicted octanol–water partition coefficient (Wildman–Crippen LogP) is 1.12. The first-order chi connectivity index (χ1) is 9.15. The molecule has 106 valence electrons. The normalized spacial score (nSPS) is 22.7. The molecule has 2 N–H and O–H groups in total. The summed E-state index contributed by atoms with van der Waals surface area (Å²) in [6.45, 7) is 2.90. The molecule has 0 aromatic carbocycles. The molecule has 1 aliphatic rings. The van der Waals surface area contributed by atoms with Gasteiger partial charge in [0.05, 0.1) is 5.69 Å². The van der Waals surface area contributed by atoms with Crippen molar-refractivity contribution in [1.29, 1.82) is 0 Å². The Morgan fingerprint density at radius 3 is 2.89 bits per heavy atom. The molecule has 1 amide bonds. The summed E-state index contributed by atoms with van der Waals surface area (Å²) in [7, 11) is 1.79. The molecule has 5 heteroatoms. The molecule has 2 atom stereocenters. The minimum Gasteiger partial charge on any atom is -0.396 e. The highest BCUT2D eigenvalue weighted by atomic mass is 16.3. The molecule has 0 radical (unpaired) electrons. The summed E-state index contributed by atoms with van der Waals surface area (Å²) in [4.78, 5) is 12.1. The van der Waals surface area contributed by atoms with E-state index in [2.05, 4.69) is 10.4 Å². The van der Waals surface area contributed by atoms with E-state index in [0.29, 0.717) is 24.1 Å². The smallest absolute Gasteiger partial charge is 0.269 e. The highest BCUT2D eigenvalue weighted by Gasteiger charge is 2.27. The van der Waals surface area contributed by atoms with Gasteiger partial charge in [-0.3, -0.25) is 9.48 Å². The third-order valence-corrected chi connectivity index (χ3v) is 4.10. The standard InChI is InChI=1S/C14H23N3O2/c1-3-12-7-13(17(2)16-12)14(19)15-8-10-5-4-6-11(10)9-18/h7,10-11,18H,3-6,8-9H2,1-2H3,(H,15,19). The van der Waals surface area contributed by atoms with Crippen LogP contribution in [-0.4, -0.2) is 33.9 Å². The van der Waals surface area contributed by atoms with Crippen molar-refractivity contribution >= 4 is 5.91 Å². The minimum atomic E-state index is -0.0710. The van der Waals surface area contributed by atoms with Crippen molar-refractivity contribution < 1.29 is 9.90 Å². The molecule has 1 heterocycles. The summed E-state index contributed by atoms with van der Waals surface area (Å²) in [5, 5.41) is 16.5. The third kappa shape index (κ3) is 3.15. The maximum Gasteiger partial charge on any atom is 0.269 e. The van der Waals surface area contributed by atoms with Crippen molar-refractivity contribution in [2.45, 2.75) is 32.6 Å². The molecule has 5 nitrogen and oxygen atoms in total. The van der Waals surface area contributed by atoms with Crippen LogP contribution in [-0.2, 0) is 13.5 Å². The SMILES string of the molecule is CCc1cc(C(=O)NCC2CCCC2CO)n(C)n1. The van der Waals surface area contributed by atoms with E-state index in [1.165, 1.54) is 0 Å². The van der Waals surface area contributed by atoms with Crippen LogP contribution in [0.3, 0.4) is 0 Å². The van der Waals surface area contributed by atoms with E-state index in [9.17, 15) is 9.90 Å². The minimum absolute atomic E-state index is 0.0710. The van der Waals surface area contributed by atoms with Crippen molar-refractivity contribution in [3.8, 4) is 0 Å². The lowest BCUT2D eigenvalue weighted by molar-refractivity contribution is 0.0928. The van der Waals surface area contributed by atoms with Crippen molar-refractivity contribution in [1.82, 2.24) is 15.1 Å². The molecule has 0 aliphatic heterocycles. The molecule has 0 saturated heterocycles. The quantitative estimate of drug-likeness (QED) is 0.838. The number of carbonyl (C=O) groups excluding carboxylic acids is 1. The van der Waals surface area contributed by atoms with Gasteiger partial charge in [-0.05, 0) is 37.2 Å². The Morgan fingerprint density at radius 2 is 2.26 bits per heavy atom. The van der Waals surface area contributed by atoms with Crippen LogP contribution < -0.4 is 5.32 Å². The zero-order valence-corrected chi connectivity index (χ0v) is 11.7. The summed E-state index contributed by atoms with van der Waals surface area (Å²) in [5.74, 6) is 0.684. The van der Waals surface area contributed by atoms with Crippen LogP contribution in [0.2, 0.25) is 0 Å². The van der Waals surface area contributed by atoms with Crippen molar-refractivity contribution in [2.75, 3.05) is 13.2 Å². The van der Waals surface area contributed by atoms with E-state index >= 15 is 0 Å². The van der Waals surface area contributed by atoms with E-state index in [1.807, 2.05) is 13.0 Å². The molecule has 0 spiro atoms. The molecular weight excluding hydrogens is 242 g/mol. The first kappa shape index (κ1) is 14.1. The van der Waals surface area contributed by atoms with Gasteiger partial charge >= 0.3 is 0 Å². The van der Waals surface area contributed by atoms with Crippen LogP contribution in [0.1, 0.15) is 42.4 Å². The Labute approximate surface area is 114 Å². The van der Waals surface area contributed by atoms with Crippen LogP contribution in [0, 0.1) is 11.8 Å². The molecule has 2 rings (SSSR count). The third-order valence-electron chi connectivity index (χ3n) is 4.10. The van der Waals surface area contributed by atoms with Gasteiger partial charge in [0.1, 0.15) is 5.69 Å². The van der Waals surface area contributed by atoms with Gasteiger partial charge in [-0.1, -0.05) is 13.3 Å². The number of hydrogen-bond acceptors (Lipinski definition) is 3. The topological polar surface area (TPSA) is 67.2 Å². The number of nitrogens with zero attached hydrogens (tertiary/aromatic N) is 2. The molecule has 0 bridgehead atoms. The van der Waals surface area contributed by atoms with Crippen molar-refractivity contribution in [3.05, 3.63) is 17.5 Å². The number of aryl methyl sites for hydroxylation is 2. The number of aliphatic hydroxyl groups excluding tert-OH is 1. The van der Waals surface area contributed by atoms with E-state index < -0.39 is 0 Å². The lowest BCUT2D eigenvalue weighted by Crippen LogP contribution is -2.32. The molecule has 1 aliphatic carbocycles. The fourth-order valence-corrected chi connectivity index (χ4v) is 2.85. The second kappa shape index (κ2) is 6.19. The molecular formula is C14H23N3O2. The zero-order chi connectivity index (χ0) is 13.8. The summed E-state index contributed by atoms with van der Waals surface area (Å²) >= 11 is 0. The highest BCUT2D eigenvalue weighted by molar-refractivity contribution is 5.92. The summed E-state index contributed by atoms with van der Waals surface area (Å²) in [6, 6.07) is 1.84. The maximum absolute atomic E-state index is 12.1. The average molecular weight is 265 g/mol. The lowest BCUT2D eigenvalue weighted by Gasteiger charge is -2.17. The van der Waals surface area contributed by atoms with Crippen molar-refractivity contribution in [3.63, 3.8) is 0 Å². The second-order valence-electron chi connectivity index (χ2n) is 5.34. The monoisotopic (exact) mass is 265 g/mol. The van der Waals surface area contributed by atoms with E-state index in [0.717, 1.165) is 31.4 Å². The summed E-state index contributed by atoms with van der Waals surface area (Å²) in [6.07, 6.45) is 4.15. The average Bonchev–Trinajstić information content (AvgIpc) is 3.01. The van der Waals surface area contributed by atoms with Gasteiger partial charge in [0.2, 0.25) is 0 Å². The molecule has 1 fully saturated rings. The number of aliphatic hydroxyl groups is 1. The highest BCUT2D eigenvalue weighted by Crippen LogP contribution is 2.30. The van der Waals surface area contributed by atoms with Gasteiger partial charge in [0.15, 0.2) is 0 Å². The number of carbonyl (C=O) groups is 1. The number of amides is 1. The first-order valence-electron chi connectivity index (χ1n) is 7.07. The predicted molar refractivity (Wildman–Crippen MR) is 72.8 cm³/mol. The molecule has 2 unspecified atom stereocenters. The van der Waals surface area contributed by atoms with E-state index in [-0.39, 0.29) is 12.5 Å². The number of rotatable bonds is 5. The molecule has 1 aromatic rings. The fourth-order valence-electron chi connectivity index (χ4n) is 2.85. The Bertz CT molecular complexity index is 442. The fraction of sp³-hybridized carbons (Fsp3) is 0.714. The van der Waals surface area contributed by atoms with Crippen molar-refractivity contribution in [2.24, 2.45) is 18.9 Å². The Morgan fingerprint density at radius 1 is 1.53 bits per heavy atom. The summed E-state index contributed by atoms with van der Waals surface area (Å²) < 4.78 is 1.63. The Kier molecular flexibility index (Phi) is 4.58. The largest absolute Gasteiger partial charge is 0.396 e. The Hall–Kier alpha value is -1.36. The van der Waals surface area contributed by atoms with Gasteiger partial charge in [0, 0.05) is 20.2 Å². The first-order valence-corrected chi connectivity index (χ1v) is 7.07. The van der Waals surface area contributed by atoms with Gasteiger partial charge in [0.25, 0.3) is 5.91 Å². The van der Waals surface area contributed by atoms with Gasteiger partial charge in [-0.25, -0.2) is 0 Å². The van der Waals surface area contributed by atoms with Crippen LogP contribution in [0.15, 0.2) is 6.07 Å². The zero-order valence-electron chi connectivity index (χ0n) is 11.7. The lowest BCUT2D eigenvalue weighted by atomic mass is 9.97. The Balaban J connectivity index is 1.92. The number of aromatic nitrogens is 2. The summed E-state index contributed by atoms with van der Waals surface area (Å²) in [5.41, 5.74) is 1.54. The van der Waals surface area contributed by atoms with Crippen LogP contribution in [0.5, 0.6) is 0 Å². The molecule has 1 aromatic heterocycles. The van der Waals surface area contributed by atoms with Crippen LogP contribution >= 0.6 is 0 Å². The van der Waals surface area contributed by atoms with Crippen LogP contribution in [0.25, 0.3) is 0 Å². The number of hydrogen-bond donors (Lipinski definition) is 2. The van der Waals surface area contributed by atoms with E-state index in [4.69, 9.17) is 0 Å².